The van der Waals surface area contributed by atoms with Gasteiger partial charge in [0.1, 0.15) is 0 Å². The molecule has 2 N–H and O–H groups in total. The van der Waals surface area contributed by atoms with E-state index in [2.05, 4.69) is 15.5 Å². The number of para-hydroxylation sites is 1. The Balaban J connectivity index is 1.53. The molecule has 1 fully saturated rings. The van der Waals surface area contributed by atoms with Gasteiger partial charge in [-0.2, -0.15) is 15.0 Å². The summed E-state index contributed by atoms with van der Waals surface area (Å²) in [5.74, 6) is 0. The number of hydrogen-bond acceptors (Lipinski definition) is 5. The maximum atomic E-state index is 10.3. The lowest BCUT2D eigenvalue weighted by molar-refractivity contribution is -0.0617. The second kappa shape index (κ2) is 6.34. The predicted octanol–water partition coefficient (Wildman–Crippen LogP) is 0.898. The molecule has 6 nitrogen and oxygen atoms in total. The molecule has 0 bridgehead atoms. The molecule has 0 aliphatic carbocycles. The van der Waals surface area contributed by atoms with Gasteiger partial charge < -0.3 is 15.2 Å². The molecule has 1 aromatic heterocycles. The van der Waals surface area contributed by atoms with Gasteiger partial charge in [-0.3, -0.25) is 0 Å². The molecule has 0 atom stereocenters. The van der Waals surface area contributed by atoms with E-state index >= 15 is 0 Å². The molecule has 0 saturated carbocycles. The van der Waals surface area contributed by atoms with E-state index < -0.39 is 5.60 Å². The zero-order valence-corrected chi connectivity index (χ0v) is 11.9. The summed E-state index contributed by atoms with van der Waals surface area (Å²) in [5.41, 5.74) is 1.13. The van der Waals surface area contributed by atoms with Crippen LogP contribution in [0, 0.1) is 0 Å². The number of aliphatic hydroxyl groups is 1. The fourth-order valence-corrected chi connectivity index (χ4v) is 2.41. The first-order chi connectivity index (χ1) is 10.3. The van der Waals surface area contributed by atoms with Crippen LogP contribution in [0.5, 0.6) is 0 Å². The molecular formula is C15H20N4O2. The second-order valence-corrected chi connectivity index (χ2v) is 5.40. The quantitative estimate of drug-likeness (QED) is 0.855. The van der Waals surface area contributed by atoms with Gasteiger partial charge >= 0.3 is 0 Å². The van der Waals surface area contributed by atoms with E-state index in [1.54, 1.807) is 11.0 Å². The normalized spacial score (nSPS) is 17.8. The minimum Gasteiger partial charge on any atom is -0.388 e. The Morgan fingerprint density at radius 3 is 2.76 bits per heavy atom. The average molecular weight is 288 g/mol. The smallest absolute Gasteiger partial charge is 0.0969 e. The fraction of sp³-hybridized carbons (Fsp3) is 0.467. The summed E-state index contributed by atoms with van der Waals surface area (Å²) in [7, 11) is 0. The summed E-state index contributed by atoms with van der Waals surface area (Å²) in [6, 6.07) is 9.79. The number of nitrogens with zero attached hydrogens (tertiary/aromatic N) is 3. The average Bonchev–Trinajstić information content (AvgIpc) is 2.98. The molecule has 21 heavy (non-hydrogen) atoms. The minimum absolute atomic E-state index is 0.550. The summed E-state index contributed by atoms with van der Waals surface area (Å²) >= 11 is 0. The van der Waals surface area contributed by atoms with Crippen molar-refractivity contribution in [3.63, 3.8) is 0 Å². The third kappa shape index (κ3) is 3.66. The summed E-state index contributed by atoms with van der Waals surface area (Å²) in [4.78, 5) is 1.61. The highest BCUT2D eigenvalue weighted by Crippen LogP contribution is 2.19. The molecule has 0 radical (unpaired) electrons. The molecule has 0 unspecified atom stereocenters. The Labute approximate surface area is 123 Å². The summed E-state index contributed by atoms with van der Waals surface area (Å²) in [5, 5.41) is 22.3. The Bertz CT molecular complexity index is 564. The molecule has 1 aliphatic rings. The van der Waals surface area contributed by atoms with Crippen molar-refractivity contribution in [3.05, 3.63) is 42.2 Å². The molecule has 1 aromatic carbocycles. The molecular weight excluding hydrogens is 268 g/mol. The van der Waals surface area contributed by atoms with Crippen molar-refractivity contribution in [3.8, 4) is 5.69 Å². The zero-order chi connectivity index (χ0) is 14.5. The van der Waals surface area contributed by atoms with E-state index in [0.29, 0.717) is 39.1 Å². The SMILES string of the molecule is OC1(CNCc2cnn(-c3ccccc3)n2)CCOCC1. The van der Waals surface area contributed by atoms with Gasteiger partial charge in [0.05, 0.1) is 23.2 Å². The molecule has 2 heterocycles. The van der Waals surface area contributed by atoms with Crippen LogP contribution in [0.15, 0.2) is 36.5 Å². The molecule has 6 heteroatoms. The van der Waals surface area contributed by atoms with Gasteiger partial charge in [0.2, 0.25) is 0 Å². The summed E-state index contributed by atoms with van der Waals surface area (Å²) in [6.07, 6.45) is 3.10. The van der Waals surface area contributed by atoms with Crippen LogP contribution in [0.4, 0.5) is 0 Å². The predicted molar refractivity (Wildman–Crippen MR) is 78.1 cm³/mol. The van der Waals surface area contributed by atoms with Gasteiger partial charge in [0, 0.05) is 39.1 Å². The first kappa shape index (κ1) is 14.2. The largest absolute Gasteiger partial charge is 0.388 e. The Kier molecular flexibility index (Phi) is 4.28. The van der Waals surface area contributed by atoms with E-state index in [-0.39, 0.29) is 0 Å². The first-order valence-corrected chi connectivity index (χ1v) is 7.23. The molecule has 2 aromatic rings. The molecule has 3 rings (SSSR count). The highest BCUT2D eigenvalue weighted by atomic mass is 16.5. The first-order valence-electron chi connectivity index (χ1n) is 7.23. The number of hydrogen-bond donors (Lipinski definition) is 2. The highest BCUT2D eigenvalue weighted by Gasteiger charge is 2.29. The highest BCUT2D eigenvalue weighted by molar-refractivity contribution is 5.28. The van der Waals surface area contributed by atoms with Crippen molar-refractivity contribution >= 4 is 0 Å². The number of ether oxygens (including phenoxy) is 1. The lowest BCUT2D eigenvalue weighted by Gasteiger charge is -2.32. The van der Waals surface area contributed by atoms with Crippen LogP contribution >= 0.6 is 0 Å². The standard InChI is InChI=1S/C15H20N4O2/c20-15(6-8-21-9-7-15)12-16-10-13-11-17-19(18-13)14-4-2-1-3-5-14/h1-5,11,16,20H,6-10,12H2. The van der Waals surface area contributed by atoms with Gasteiger partial charge in [-0.15, -0.1) is 0 Å². The number of aromatic nitrogens is 3. The third-order valence-electron chi connectivity index (χ3n) is 3.71. The summed E-state index contributed by atoms with van der Waals surface area (Å²) < 4.78 is 5.27. The van der Waals surface area contributed by atoms with Crippen LogP contribution in [0.1, 0.15) is 18.5 Å². The Hall–Kier alpha value is -1.76. The van der Waals surface area contributed by atoms with E-state index in [9.17, 15) is 5.11 Å². The summed E-state index contributed by atoms with van der Waals surface area (Å²) in [6.45, 7) is 2.40. The fourth-order valence-electron chi connectivity index (χ4n) is 2.41. The zero-order valence-electron chi connectivity index (χ0n) is 11.9. The number of nitrogens with one attached hydrogen (secondary N) is 1. The maximum absolute atomic E-state index is 10.3. The molecule has 0 spiro atoms. The molecule has 0 amide bonds. The van der Waals surface area contributed by atoms with Crippen LogP contribution < -0.4 is 5.32 Å². The van der Waals surface area contributed by atoms with Gasteiger partial charge in [-0.1, -0.05) is 18.2 Å². The van der Waals surface area contributed by atoms with Crippen molar-refractivity contribution in [2.24, 2.45) is 0 Å². The van der Waals surface area contributed by atoms with E-state index in [0.717, 1.165) is 11.4 Å². The van der Waals surface area contributed by atoms with E-state index in [1.165, 1.54) is 0 Å². The van der Waals surface area contributed by atoms with Crippen molar-refractivity contribution in [2.45, 2.75) is 25.0 Å². The van der Waals surface area contributed by atoms with E-state index in [4.69, 9.17) is 4.74 Å². The number of benzene rings is 1. The van der Waals surface area contributed by atoms with Gasteiger partial charge in [0.15, 0.2) is 0 Å². The van der Waals surface area contributed by atoms with Crippen LogP contribution in [0.2, 0.25) is 0 Å². The topological polar surface area (TPSA) is 72.2 Å². The van der Waals surface area contributed by atoms with Crippen molar-refractivity contribution in [1.29, 1.82) is 0 Å². The Morgan fingerprint density at radius 1 is 1.24 bits per heavy atom. The van der Waals surface area contributed by atoms with Gasteiger partial charge in [-0.05, 0) is 12.1 Å². The number of rotatable bonds is 5. The Morgan fingerprint density at radius 2 is 2.00 bits per heavy atom. The van der Waals surface area contributed by atoms with Gasteiger partial charge in [0.25, 0.3) is 0 Å². The molecule has 1 aliphatic heterocycles. The van der Waals surface area contributed by atoms with Gasteiger partial charge in [-0.25, -0.2) is 0 Å². The van der Waals surface area contributed by atoms with Crippen molar-refractivity contribution in [1.82, 2.24) is 20.3 Å². The second-order valence-electron chi connectivity index (χ2n) is 5.40. The van der Waals surface area contributed by atoms with Crippen LogP contribution in [0.3, 0.4) is 0 Å². The van der Waals surface area contributed by atoms with Crippen LogP contribution in [-0.4, -0.2) is 45.5 Å². The van der Waals surface area contributed by atoms with Crippen molar-refractivity contribution in [2.75, 3.05) is 19.8 Å². The van der Waals surface area contributed by atoms with E-state index in [1.807, 2.05) is 30.3 Å². The lowest BCUT2D eigenvalue weighted by atomic mass is 9.94. The molecule has 112 valence electrons. The lowest BCUT2D eigenvalue weighted by Crippen LogP contribution is -2.44. The van der Waals surface area contributed by atoms with Crippen LogP contribution in [0.25, 0.3) is 5.69 Å². The maximum Gasteiger partial charge on any atom is 0.0969 e. The third-order valence-corrected chi connectivity index (χ3v) is 3.71. The van der Waals surface area contributed by atoms with Crippen molar-refractivity contribution < 1.29 is 9.84 Å². The molecule has 1 saturated heterocycles. The minimum atomic E-state index is -0.659. The van der Waals surface area contributed by atoms with Crippen LogP contribution in [-0.2, 0) is 11.3 Å². The monoisotopic (exact) mass is 288 g/mol.